The molecule has 0 unspecified atom stereocenters. The van der Waals surface area contributed by atoms with Crippen molar-refractivity contribution in [2.75, 3.05) is 39.3 Å². The predicted octanol–water partition coefficient (Wildman–Crippen LogP) is 18.1. The number of likely N-dealkylation sites (tertiary alicyclic amines) is 4. The summed E-state index contributed by atoms with van der Waals surface area (Å²) in [6, 6.07) is 41.8. The number of aromatic nitrogens is 2. The molecule has 4 aliphatic heterocycles. The first-order valence-electron chi connectivity index (χ1n) is 32.7. The Morgan fingerprint density at radius 2 is 0.862 bits per heavy atom. The molecule has 19 heteroatoms. The fraction of sp³-hybridized carbons (Fsp3) is 0.413. The smallest absolute Gasteiger partial charge is 0.410 e. The molecule has 0 spiro atoms. The minimum atomic E-state index is -0.588. The van der Waals surface area contributed by atoms with Crippen molar-refractivity contribution in [3.8, 4) is 11.3 Å². The Morgan fingerprint density at radius 1 is 0.468 bits per heavy atom. The summed E-state index contributed by atoms with van der Waals surface area (Å²) in [5.74, 6) is -1.14. The number of carbonyl (C=O) groups excluding carboxylic acids is 4. The molecule has 498 valence electrons. The largest absolute Gasteiger partial charge is 0.445 e. The van der Waals surface area contributed by atoms with Crippen molar-refractivity contribution in [1.29, 1.82) is 0 Å². The summed E-state index contributed by atoms with van der Waals surface area (Å²) in [5, 5.41) is 1.88. The van der Waals surface area contributed by atoms with E-state index in [-0.39, 0.29) is 85.0 Å². The summed E-state index contributed by atoms with van der Waals surface area (Å²) in [6.07, 6.45) is 6.13. The number of hydrogen-bond donors (Lipinski definition) is 0. The number of piperidine rings is 2. The number of ether oxygens (including phenoxy) is 4. The van der Waals surface area contributed by atoms with E-state index in [1.807, 2.05) is 131 Å². The average molecular weight is 1350 g/mol. The number of hydrogen-bond acceptors (Lipinski definition) is 8. The second kappa shape index (κ2) is 30.4. The highest BCUT2D eigenvalue weighted by atomic mass is 79.9. The van der Waals surface area contributed by atoms with E-state index in [2.05, 4.69) is 25.1 Å². The lowest BCUT2D eigenvalue weighted by Gasteiger charge is -2.35. The van der Waals surface area contributed by atoms with Crippen LogP contribution in [0.5, 0.6) is 0 Å². The van der Waals surface area contributed by atoms with Crippen LogP contribution in [0.15, 0.2) is 150 Å². The topological polar surface area (TPSA) is 128 Å². The van der Waals surface area contributed by atoms with Gasteiger partial charge < -0.3 is 47.7 Å². The second-order valence-corrected chi connectivity index (χ2v) is 27.6. The van der Waals surface area contributed by atoms with Gasteiger partial charge in [-0.25, -0.2) is 36.7 Å². The number of aryl methyl sites for hydroxylation is 1. The average Bonchev–Trinajstić information content (AvgIpc) is 1.60. The van der Waals surface area contributed by atoms with Crippen LogP contribution < -0.4 is 0 Å². The van der Waals surface area contributed by atoms with E-state index < -0.39 is 11.2 Å². The van der Waals surface area contributed by atoms with Crippen LogP contribution in [0.2, 0.25) is 0 Å². The van der Waals surface area contributed by atoms with E-state index in [1.54, 1.807) is 46.2 Å². The van der Waals surface area contributed by atoms with Gasteiger partial charge in [-0.3, -0.25) is 0 Å². The molecule has 0 saturated carbocycles. The summed E-state index contributed by atoms with van der Waals surface area (Å²) < 4.78 is 83.4. The summed E-state index contributed by atoms with van der Waals surface area (Å²) in [7, 11) is 0. The highest BCUT2D eigenvalue weighted by molar-refractivity contribution is 9.10. The summed E-state index contributed by atoms with van der Waals surface area (Å²) in [6.45, 7) is 16.9. The molecule has 4 fully saturated rings. The van der Waals surface area contributed by atoms with Crippen LogP contribution in [0.1, 0.15) is 133 Å². The molecule has 6 heterocycles. The molecule has 8 aromatic rings. The fourth-order valence-corrected chi connectivity index (χ4v) is 14.0. The lowest BCUT2D eigenvalue weighted by Crippen LogP contribution is -2.42. The normalized spacial score (nSPS) is 17.1. The predicted molar refractivity (Wildman–Crippen MR) is 360 cm³/mol. The summed E-state index contributed by atoms with van der Waals surface area (Å²) in [5.41, 5.74) is 7.18. The third-order valence-corrected chi connectivity index (χ3v) is 18.5. The number of rotatable bonds is 11. The molecule has 0 aliphatic carbocycles. The summed E-state index contributed by atoms with van der Waals surface area (Å²) in [4.78, 5) is 58.9. The molecule has 4 amide bonds. The zero-order chi connectivity index (χ0) is 66.8. The zero-order valence-corrected chi connectivity index (χ0v) is 56.3. The minimum Gasteiger partial charge on any atom is -0.445 e. The first-order chi connectivity index (χ1) is 45.0. The van der Waals surface area contributed by atoms with Crippen LogP contribution in [-0.2, 0) is 45.0 Å². The Hall–Kier alpha value is -8.32. The maximum absolute atomic E-state index is 14.9. The van der Waals surface area contributed by atoms with Crippen LogP contribution in [0, 0.1) is 30.2 Å². The van der Waals surface area contributed by atoms with Gasteiger partial charge in [0.2, 0.25) is 0 Å². The molecule has 0 N–H and O–H groups in total. The van der Waals surface area contributed by atoms with Gasteiger partial charge in [0.15, 0.2) is 0 Å². The molecule has 2 aromatic heterocycles. The van der Waals surface area contributed by atoms with E-state index in [0.29, 0.717) is 65.0 Å². The quantitative estimate of drug-likeness (QED) is 0.0925. The van der Waals surface area contributed by atoms with Crippen molar-refractivity contribution in [3.05, 3.63) is 201 Å². The number of amides is 4. The highest BCUT2D eigenvalue weighted by Gasteiger charge is 2.37. The maximum Gasteiger partial charge on any atom is 0.410 e. The first kappa shape index (κ1) is 68.5. The molecular weight excluding hydrogens is 1270 g/mol. The van der Waals surface area contributed by atoms with Crippen molar-refractivity contribution < 1.29 is 55.7 Å². The molecule has 2 atom stereocenters. The van der Waals surface area contributed by atoms with Gasteiger partial charge in [-0.05, 0) is 229 Å². The molecule has 94 heavy (non-hydrogen) atoms. The van der Waals surface area contributed by atoms with Crippen molar-refractivity contribution >= 4 is 62.1 Å². The van der Waals surface area contributed by atoms with E-state index in [4.69, 9.17) is 18.9 Å². The molecule has 0 radical (unpaired) electrons. The zero-order valence-electron chi connectivity index (χ0n) is 54.7. The van der Waals surface area contributed by atoms with Crippen LogP contribution >= 0.6 is 15.9 Å². The van der Waals surface area contributed by atoms with E-state index in [9.17, 15) is 36.7 Å². The molecule has 12 rings (SSSR count). The molecule has 6 aromatic carbocycles. The minimum absolute atomic E-state index is 0.00214. The Morgan fingerprint density at radius 3 is 1.30 bits per heavy atom. The third kappa shape index (κ3) is 17.3. The van der Waals surface area contributed by atoms with Gasteiger partial charge in [0.05, 0.1) is 21.3 Å². The first-order valence-corrected chi connectivity index (χ1v) is 33.4. The van der Waals surface area contributed by atoms with Gasteiger partial charge >= 0.3 is 24.4 Å². The Labute approximate surface area is 556 Å². The van der Waals surface area contributed by atoms with Crippen molar-refractivity contribution in [1.82, 2.24) is 28.7 Å². The van der Waals surface area contributed by atoms with Crippen LogP contribution in [0.3, 0.4) is 0 Å². The number of fused-ring (bicyclic) bond motifs is 2. The maximum atomic E-state index is 14.9. The van der Waals surface area contributed by atoms with Gasteiger partial charge in [-0.1, -0.05) is 78.4 Å². The molecule has 4 aliphatic rings. The molecule has 0 bridgehead atoms. The monoisotopic (exact) mass is 1350 g/mol. The fourth-order valence-electron chi connectivity index (χ4n) is 13.2. The SMILES string of the molecule is CC(C)(C)OC(=O)N1CCC(n2c(-c3ccc(F)cc3)c(C[C@@H]3CCCN3C(=O)OCc3ccccc3)c3ccc(F)cc32)CC1.CC(C)(C)OC(=O)N1CCC(n2c(Br)c(C[C@@H]3CCCN3C(=O)OCc3ccccc3)c3ccc(F)cc32)CC1.Cc1ccc(F)cc1. The van der Waals surface area contributed by atoms with E-state index >= 15 is 0 Å². The lowest BCUT2D eigenvalue weighted by molar-refractivity contribution is 0.0179. The highest BCUT2D eigenvalue weighted by Crippen LogP contribution is 2.43. The van der Waals surface area contributed by atoms with Crippen molar-refractivity contribution in [2.45, 2.75) is 161 Å². The lowest BCUT2D eigenvalue weighted by atomic mass is 9.97. The van der Waals surface area contributed by atoms with Gasteiger partial charge in [0.1, 0.15) is 47.7 Å². The van der Waals surface area contributed by atoms with E-state index in [0.717, 1.165) is 104 Å². The van der Waals surface area contributed by atoms with Crippen molar-refractivity contribution in [3.63, 3.8) is 0 Å². The van der Waals surface area contributed by atoms with Crippen LogP contribution in [-0.4, -0.2) is 116 Å². The van der Waals surface area contributed by atoms with Crippen LogP contribution in [0.4, 0.5) is 36.7 Å². The number of halogens is 5. The second-order valence-electron chi connectivity index (χ2n) is 26.8. The van der Waals surface area contributed by atoms with Gasteiger partial charge in [-0.15, -0.1) is 0 Å². The van der Waals surface area contributed by atoms with Crippen molar-refractivity contribution in [2.24, 2.45) is 0 Å². The third-order valence-electron chi connectivity index (χ3n) is 17.7. The summed E-state index contributed by atoms with van der Waals surface area (Å²) >= 11 is 3.86. The van der Waals surface area contributed by atoms with E-state index in [1.165, 1.54) is 36.4 Å². The Balaban J connectivity index is 0.000000184. The number of carbonyl (C=O) groups is 4. The molecule has 4 saturated heterocycles. The van der Waals surface area contributed by atoms with Gasteiger partial charge in [0.25, 0.3) is 0 Å². The number of nitrogens with zero attached hydrogens (tertiary/aromatic N) is 6. The van der Waals surface area contributed by atoms with Gasteiger partial charge in [0, 0.05) is 74.2 Å². The standard InChI is InChI=1S/C37H41F2N3O4.C31H37BrFN3O4.C7H7F/c1-37(2,3)46-35(43)40-20-17-29(18-21-40)42-33-22-28(39)15-16-31(33)32(34(42)26-11-13-27(38)14-12-26)23-30-10-7-19-41(30)36(44)45-24-25-8-5-4-6-9-25;1-31(2,3)40-29(37)34-16-13-23(14-17-34)36-27-18-22(33)11-12-25(27)26(28(36)32)19-24-10-7-15-35(24)30(38)39-20-21-8-5-4-6-9-21;1-6-2-4-7(8)5-3-6/h4-6,8-9,11-16,22,29-30H,7,10,17-21,23-24H2,1-3H3;4-6,8-9,11-12,18,23-24H,7,10,13-17,19-20H2,1-3H3;2-5H,1H3/t30-;24-;/m00./s1. The molecular formula is C75H85BrF4N6O8. The Bertz CT molecular complexity index is 3870. The number of benzene rings is 6. The molecule has 14 nitrogen and oxygen atoms in total. The van der Waals surface area contributed by atoms with Crippen LogP contribution in [0.25, 0.3) is 33.1 Å². The Kier molecular flexibility index (Phi) is 22.2. The van der Waals surface area contributed by atoms with Gasteiger partial charge in [-0.2, -0.15) is 0 Å².